The maximum atomic E-state index is 5.72. The summed E-state index contributed by atoms with van der Waals surface area (Å²) in [6.45, 7) is 4.45. The van der Waals surface area contributed by atoms with Crippen LogP contribution in [0, 0.1) is 0 Å². The van der Waals surface area contributed by atoms with Gasteiger partial charge in [0.2, 0.25) is 0 Å². The number of anilines is 1. The van der Waals surface area contributed by atoms with Crippen LogP contribution >= 0.6 is 11.8 Å². The first-order valence-electron chi connectivity index (χ1n) is 4.89. The minimum atomic E-state index is 0.731. The highest BCUT2D eigenvalue weighted by molar-refractivity contribution is 7.98. The molecule has 2 nitrogen and oxygen atoms in total. The SMILES string of the molecule is C=CCc1cc(N)ccc1OCCSC. The van der Waals surface area contributed by atoms with Gasteiger partial charge in [0.05, 0.1) is 6.61 Å². The van der Waals surface area contributed by atoms with E-state index in [1.165, 1.54) is 0 Å². The van der Waals surface area contributed by atoms with Crippen molar-refractivity contribution in [3.8, 4) is 5.75 Å². The molecule has 0 spiro atoms. The van der Waals surface area contributed by atoms with Gasteiger partial charge in [-0.3, -0.25) is 0 Å². The Morgan fingerprint density at radius 3 is 3.00 bits per heavy atom. The number of nitrogen functional groups attached to an aromatic ring is 1. The molecular weight excluding hydrogens is 206 g/mol. The predicted octanol–water partition coefficient (Wildman–Crippen LogP) is 2.74. The van der Waals surface area contributed by atoms with Crippen molar-refractivity contribution < 1.29 is 4.74 Å². The van der Waals surface area contributed by atoms with Crippen LogP contribution < -0.4 is 10.5 Å². The maximum absolute atomic E-state index is 5.72. The molecule has 1 aromatic rings. The van der Waals surface area contributed by atoms with Crippen molar-refractivity contribution in [1.82, 2.24) is 0 Å². The van der Waals surface area contributed by atoms with E-state index in [0.717, 1.165) is 35.8 Å². The Kier molecular flexibility index (Phi) is 5.12. The Bertz CT molecular complexity index is 325. The van der Waals surface area contributed by atoms with Crippen molar-refractivity contribution in [1.29, 1.82) is 0 Å². The third-order valence-corrected chi connectivity index (χ3v) is 2.57. The molecule has 3 heteroatoms. The number of rotatable bonds is 6. The van der Waals surface area contributed by atoms with Crippen molar-refractivity contribution in [2.45, 2.75) is 6.42 Å². The molecule has 0 fully saturated rings. The second-order valence-electron chi connectivity index (χ2n) is 3.20. The maximum Gasteiger partial charge on any atom is 0.122 e. The van der Waals surface area contributed by atoms with Crippen molar-refractivity contribution in [2.24, 2.45) is 0 Å². The van der Waals surface area contributed by atoms with Crippen LogP contribution in [-0.2, 0) is 6.42 Å². The molecule has 0 aliphatic heterocycles. The molecule has 1 rings (SSSR count). The Labute approximate surface area is 95.5 Å². The van der Waals surface area contributed by atoms with E-state index in [4.69, 9.17) is 10.5 Å². The summed E-state index contributed by atoms with van der Waals surface area (Å²) < 4.78 is 5.66. The molecule has 0 aliphatic rings. The van der Waals surface area contributed by atoms with Gasteiger partial charge in [0.1, 0.15) is 5.75 Å². The fourth-order valence-corrected chi connectivity index (χ4v) is 1.54. The van der Waals surface area contributed by atoms with Gasteiger partial charge in [-0.05, 0) is 36.4 Å². The summed E-state index contributed by atoms with van der Waals surface area (Å²) in [6.07, 6.45) is 4.72. The molecule has 0 saturated heterocycles. The normalized spacial score (nSPS) is 9.93. The lowest BCUT2D eigenvalue weighted by molar-refractivity contribution is 0.341. The Morgan fingerprint density at radius 2 is 2.33 bits per heavy atom. The molecule has 15 heavy (non-hydrogen) atoms. The van der Waals surface area contributed by atoms with E-state index in [1.807, 2.05) is 24.3 Å². The van der Waals surface area contributed by atoms with Crippen molar-refractivity contribution in [2.75, 3.05) is 24.3 Å². The minimum Gasteiger partial charge on any atom is -0.492 e. The molecule has 0 unspecified atom stereocenters. The van der Waals surface area contributed by atoms with Crippen molar-refractivity contribution in [3.05, 3.63) is 36.4 Å². The molecule has 0 heterocycles. The van der Waals surface area contributed by atoms with Crippen LogP contribution in [-0.4, -0.2) is 18.6 Å². The zero-order valence-electron chi connectivity index (χ0n) is 9.03. The fraction of sp³-hybridized carbons (Fsp3) is 0.333. The van der Waals surface area contributed by atoms with Crippen LogP contribution in [0.4, 0.5) is 5.69 Å². The molecule has 0 aliphatic carbocycles. The number of allylic oxidation sites excluding steroid dienone is 1. The smallest absolute Gasteiger partial charge is 0.122 e. The Morgan fingerprint density at radius 1 is 1.53 bits per heavy atom. The molecule has 0 amide bonds. The lowest BCUT2D eigenvalue weighted by Crippen LogP contribution is -2.02. The van der Waals surface area contributed by atoms with Gasteiger partial charge in [0.15, 0.2) is 0 Å². The van der Waals surface area contributed by atoms with E-state index in [2.05, 4.69) is 12.8 Å². The summed E-state index contributed by atoms with van der Waals surface area (Å²) in [7, 11) is 0. The number of hydrogen-bond donors (Lipinski definition) is 1. The third kappa shape index (κ3) is 3.88. The van der Waals surface area contributed by atoms with E-state index in [-0.39, 0.29) is 0 Å². The second kappa shape index (κ2) is 6.40. The molecule has 0 saturated carbocycles. The Balaban J connectivity index is 2.71. The largest absolute Gasteiger partial charge is 0.492 e. The summed E-state index contributed by atoms with van der Waals surface area (Å²) in [6, 6.07) is 5.73. The highest BCUT2D eigenvalue weighted by Crippen LogP contribution is 2.22. The zero-order valence-corrected chi connectivity index (χ0v) is 9.85. The first kappa shape index (κ1) is 12.0. The van der Waals surface area contributed by atoms with E-state index in [9.17, 15) is 0 Å². The van der Waals surface area contributed by atoms with Gasteiger partial charge < -0.3 is 10.5 Å². The van der Waals surface area contributed by atoms with E-state index in [1.54, 1.807) is 11.8 Å². The Hall–Kier alpha value is -1.09. The summed E-state index contributed by atoms with van der Waals surface area (Å²) >= 11 is 1.77. The third-order valence-electron chi connectivity index (χ3n) is 1.99. The van der Waals surface area contributed by atoms with Crippen LogP contribution in [0.25, 0.3) is 0 Å². The van der Waals surface area contributed by atoms with Gasteiger partial charge in [-0.2, -0.15) is 11.8 Å². The van der Waals surface area contributed by atoms with Gasteiger partial charge in [-0.25, -0.2) is 0 Å². The number of ether oxygens (including phenoxy) is 1. The number of nitrogens with two attached hydrogens (primary N) is 1. The first-order chi connectivity index (χ1) is 7.27. The monoisotopic (exact) mass is 223 g/mol. The number of benzene rings is 1. The number of hydrogen-bond acceptors (Lipinski definition) is 3. The van der Waals surface area contributed by atoms with Crippen molar-refractivity contribution in [3.63, 3.8) is 0 Å². The van der Waals surface area contributed by atoms with E-state index >= 15 is 0 Å². The van der Waals surface area contributed by atoms with Crippen molar-refractivity contribution >= 4 is 17.4 Å². The predicted molar refractivity (Wildman–Crippen MR) is 68.6 cm³/mol. The van der Waals surface area contributed by atoms with E-state index < -0.39 is 0 Å². The number of thioether (sulfide) groups is 1. The second-order valence-corrected chi connectivity index (χ2v) is 4.19. The van der Waals surface area contributed by atoms with Gasteiger partial charge in [-0.15, -0.1) is 6.58 Å². The summed E-state index contributed by atoms with van der Waals surface area (Å²) in [5.74, 6) is 1.91. The standard InChI is InChI=1S/C12H17NOS/c1-3-4-10-9-11(13)5-6-12(10)14-7-8-15-2/h3,5-6,9H,1,4,7-8,13H2,2H3. The average Bonchev–Trinajstić information content (AvgIpc) is 2.22. The van der Waals surface area contributed by atoms with Gasteiger partial charge >= 0.3 is 0 Å². The molecular formula is C12H17NOS. The van der Waals surface area contributed by atoms with Crippen LogP contribution in [0.2, 0.25) is 0 Å². The fourth-order valence-electron chi connectivity index (χ4n) is 1.29. The van der Waals surface area contributed by atoms with Crippen LogP contribution in [0.15, 0.2) is 30.9 Å². The highest BCUT2D eigenvalue weighted by Gasteiger charge is 2.02. The average molecular weight is 223 g/mol. The summed E-state index contributed by atoms with van der Waals surface area (Å²) in [5, 5.41) is 0. The molecule has 0 aromatic heterocycles. The molecule has 0 radical (unpaired) electrons. The van der Waals surface area contributed by atoms with Crippen LogP contribution in [0.1, 0.15) is 5.56 Å². The molecule has 2 N–H and O–H groups in total. The van der Waals surface area contributed by atoms with Gasteiger partial charge in [-0.1, -0.05) is 6.08 Å². The molecule has 82 valence electrons. The highest BCUT2D eigenvalue weighted by atomic mass is 32.2. The van der Waals surface area contributed by atoms with Gasteiger partial charge in [0.25, 0.3) is 0 Å². The topological polar surface area (TPSA) is 35.2 Å². The minimum absolute atomic E-state index is 0.731. The quantitative estimate of drug-likeness (QED) is 0.457. The zero-order chi connectivity index (χ0) is 11.1. The lowest BCUT2D eigenvalue weighted by Gasteiger charge is -2.10. The van der Waals surface area contributed by atoms with E-state index in [0.29, 0.717) is 0 Å². The molecule has 1 aromatic carbocycles. The molecule has 0 bridgehead atoms. The summed E-state index contributed by atoms with van der Waals surface area (Å²) in [4.78, 5) is 0. The summed E-state index contributed by atoms with van der Waals surface area (Å²) in [5.41, 5.74) is 7.59. The van der Waals surface area contributed by atoms with Gasteiger partial charge in [0, 0.05) is 11.4 Å². The van der Waals surface area contributed by atoms with Crippen LogP contribution in [0.5, 0.6) is 5.75 Å². The molecule has 0 atom stereocenters. The first-order valence-corrected chi connectivity index (χ1v) is 6.28. The van der Waals surface area contributed by atoms with Crippen LogP contribution in [0.3, 0.4) is 0 Å². The lowest BCUT2D eigenvalue weighted by atomic mass is 10.1.